The molecule has 0 bridgehead atoms. The Kier molecular flexibility index (Phi) is 8.23. The summed E-state index contributed by atoms with van der Waals surface area (Å²) < 4.78 is 7.71. The summed E-state index contributed by atoms with van der Waals surface area (Å²) in [5.41, 5.74) is 1.49. The molecule has 2 aliphatic rings. The highest BCUT2D eigenvalue weighted by Gasteiger charge is 2.15. The van der Waals surface area contributed by atoms with Gasteiger partial charge in [-0.1, -0.05) is 38.4 Å². The third kappa shape index (κ3) is 6.68. The van der Waals surface area contributed by atoms with E-state index in [-0.39, 0.29) is 26.6 Å². The summed E-state index contributed by atoms with van der Waals surface area (Å²) in [6.45, 7) is 3.59. The van der Waals surface area contributed by atoms with Gasteiger partial charge in [-0.25, -0.2) is 9.97 Å². The highest BCUT2D eigenvalue weighted by Crippen LogP contribution is 2.29. The number of aromatic nitrogens is 2. The van der Waals surface area contributed by atoms with Gasteiger partial charge in [-0.15, -0.1) is 0 Å². The van der Waals surface area contributed by atoms with Gasteiger partial charge in [0.2, 0.25) is 0 Å². The average molecular weight is 556 g/mol. The minimum atomic E-state index is -0.322. The molecule has 2 aromatic heterocycles. The average Bonchev–Trinajstić information content (AvgIpc) is 3.32. The van der Waals surface area contributed by atoms with Gasteiger partial charge in [0, 0.05) is 35.5 Å². The maximum absolute atomic E-state index is 12.3. The number of carbonyl (C=O) groups is 1. The largest absolute Gasteiger partial charge is 0.381 e. The molecule has 2 fully saturated rings. The molecule has 2 aliphatic heterocycles. The van der Waals surface area contributed by atoms with E-state index in [1.54, 1.807) is 16.3 Å². The Morgan fingerprint density at radius 1 is 1.29 bits per heavy atom. The predicted molar refractivity (Wildman–Crippen MR) is 134 cm³/mol. The Morgan fingerprint density at radius 3 is 2.97 bits per heavy atom. The number of nitrogens with one attached hydrogen (secondary N) is 3. The van der Waals surface area contributed by atoms with E-state index in [0.717, 1.165) is 62.6 Å². The van der Waals surface area contributed by atoms with Crippen molar-refractivity contribution in [1.29, 1.82) is 0 Å². The van der Waals surface area contributed by atoms with E-state index in [1.165, 1.54) is 6.42 Å². The van der Waals surface area contributed by atoms with Crippen LogP contribution in [0.2, 0.25) is 5.02 Å². The zero-order valence-corrected chi connectivity index (χ0v) is 20.2. The summed E-state index contributed by atoms with van der Waals surface area (Å²) in [6, 6.07) is 7.60. The molecular formula is C22H27ClIN5O2. The van der Waals surface area contributed by atoms with Gasteiger partial charge in [-0.05, 0) is 56.3 Å². The Morgan fingerprint density at radius 2 is 2.16 bits per heavy atom. The van der Waals surface area contributed by atoms with Gasteiger partial charge in [0.15, 0.2) is 0 Å². The minimum Gasteiger partial charge on any atom is -0.381 e. The van der Waals surface area contributed by atoms with Crippen LogP contribution < -0.4 is 16.0 Å². The normalized spacial score (nSPS) is 19.8. The van der Waals surface area contributed by atoms with Crippen LogP contribution in [0.15, 0.2) is 30.5 Å². The molecule has 0 radical (unpaired) electrons. The Labute approximate surface area is 197 Å². The van der Waals surface area contributed by atoms with Crippen LogP contribution in [0, 0.1) is 5.92 Å². The summed E-state index contributed by atoms with van der Waals surface area (Å²) in [5, 5.41) is 10.2. The van der Waals surface area contributed by atoms with Gasteiger partial charge in [0.05, 0.1) is 14.8 Å². The van der Waals surface area contributed by atoms with Gasteiger partial charge in [-0.2, -0.15) is 0 Å². The zero-order chi connectivity index (χ0) is 21.5. The summed E-state index contributed by atoms with van der Waals surface area (Å²) >= 11 is 6.08. The SMILES string of the molecule is O=C(C=IC1CCCN1)Nc1cc(-c2cccc(NCC3CCOCC3)n2)c(Cl)cn1. The van der Waals surface area contributed by atoms with Crippen molar-refractivity contribution in [1.82, 2.24) is 15.3 Å². The number of hydrogen-bond acceptors (Lipinski definition) is 6. The summed E-state index contributed by atoms with van der Waals surface area (Å²) in [5.74, 6) is 1.78. The van der Waals surface area contributed by atoms with E-state index in [4.69, 9.17) is 21.3 Å². The molecule has 1 atom stereocenters. The fraction of sp³-hybridized carbons (Fsp3) is 0.455. The molecule has 1 unspecified atom stereocenters. The quantitative estimate of drug-likeness (QED) is 0.271. The number of anilines is 2. The van der Waals surface area contributed by atoms with E-state index in [0.29, 0.717) is 20.8 Å². The maximum Gasteiger partial charge on any atom is 0.254 e. The number of rotatable bonds is 7. The second kappa shape index (κ2) is 11.3. The molecule has 2 aromatic rings. The van der Waals surface area contributed by atoms with Crippen molar-refractivity contribution >= 4 is 53.9 Å². The molecule has 7 nitrogen and oxygen atoms in total. The lowest BCUT2D eigenvalue weighted by Crippen LogP contribution is -2.22. The fourth-order valence-corrected chi connectivity index (χ4v) is 6.10. The van der Waals surface area contributed by atoms with Crippen molar-refractivity contribution in [3.8, 4) is 11.3 Å². The van der Waals surface area contributed by atoms with Crippen molar-refractivity contribution in [3.63, 3.8) is 0 Å². The molecule has 31 heavy (non-hydrogen) atoms. The highest BCUT2D eigenvalue weighted by molar-refractivity contribution is 14.2. The van der Waals surface area contributed by atoms with Crippen LogP contribution in [0.25, 0.3) is 11.3 Å². The number of pyridine rings is 2. The van der Waals surface area contributed by atoms with E-state index < -0.39 is 0 Å². The number of halogens is 2. The van der Waals surface area contributed by atoms with E-state index in [9.17, 15) is 4.79 Å². The third-order valence-corrected chi connectivity index (χ3v) is 8.52. The van der Waals surface area contributed by atoms with Gasteiger partial charge in [-0.3, -0.25) is 4.79 Å². The first-order chi connectivity index (χ1) is 15.2. The Balaban J connectivity index is 1.42. The number of amides is 1. The van der Waals surface area contributed by atoms with Crippen LogP contribution in [-0.2, 0) is 9.53 Å². The molecule has 9 heteroatoms. The standard InChI is InChI=1S/C22H27ClIN5O2/c23-17-14-27-21(29-22(30)12-24-19-4-2-8-25-19)11-16(17)18-3-1-5-20(28-18)26-13-15-6-9-31-10-7-15/h1,3,5,11-12,14-15,19,25H,2,4,6-10,13H2,(H,26,28)(H,27,29,30). The molecular weight excluding hydrogens is 529 g/mol. The molecule has 4 heterocycles. The molecule has 1 amide bonds. The molecule has 2 saturated heterocycles. The third-order valence-electron chi connectivity index (χ3n) is 5.36. The van der Waals surface area contributed by atoms with Crippen LogP contribution in [0.5, 0.6) is 0 Å². The lowest BCUT2D eigenvalue weighted by molar-refractivity contribution is -0.109. The van der Waals surface area contributed by atoms with Gasteiger partial charge >= 0.3 is 0 Å². The molecule has 0 aromatic carbocycles. The number of nitrogens with zero attached hydrogens (tertiary/aromatic N) is 2. The molecule has 4 rings (SSSR count). The monoisotopic (exact) mass is 555 g/mol. The van der Waals surface area contributed by atoms with Crippen molar-refractivity contribution in [3.05, 3.63) is 35.5 Å². The first-order valence-electron chi connectivity index (χ1n) is 10.6. The topological polar surface area (TPSA) is 88.2 Å². The van der Waals surface area contributed by atoms with Crippen LogP contribution in [0.3, 0.4) is 0 Å². The van der Waals surface area contributed by atoms with Crippen LogP contribution in [0.1, 0.15) is 25.7 Å². The van der Waals surface area contributed by atoms with E-state index in [1.807, 2.05) is 18.2 Å². The first kappa shape index (κ1) is 22.6. The molecule has 3 N–H and O–H groups in total. The van der Waals surface area contributed by atoms with E-state index in [2.05, 4.69) is 20.9 Å². The van der Waals surface area contributed by atoms with Crippen LogP contribution >= 0.6 is 32.3 Å². The maximum atomic E-state index is 12.3. The Hall–Kier alpha value is -1.62. The van der Waals surface area contributed by atoms with Crippen molar-refractivity contribution in [2.24, 2.45) is 5.92 Å². The second-order valence-corrected chi connectivity index (χ2v) is 10.9. The minimum absolute atomic E-state index is 0.109. The van der Waals surface area contributed by atoms with Crippen molar-refractivity contribution in [2.75, 3.05) is 36.9 Å². The second-order valence-electron chi connectivity index (χ2n) is 7.68. The van der Waals surface area contributed by atoms with Crippen LogP contribution in [0.4, 0.5) is 11.6 Å². The summed E-state index contributed by atoms with van der Waals surface area (Å²) in [7, 11) is 0. The molecule has 166 valence electrons. The predicted octanol–water partition coefficient (Wildman–Crippen LogP) is 4.06. The highest BCUT2D eigenvalue weighted by atomic mass is 127. The molecule has 0 spiro atoms. The number of ether oxygens (including phenoxy) is 1. The zero-order valence-electron chi connectivity index (χ0n) is 17.2. The summed E-state index contributed by atoms with van der Waals surface area (Å²) in [4.78, 5) is 21.3. The van der Waals surface area contributed by atoms with Gasteiger partial charge in [0.1, 0.15) is 11.6 Å². The van der Waals surface area contributed by atoms with Crippen molar-refractivity contribution in [2.45, 2.75) is 29.7 Å². The number of carbonyl (C=O) groups excluding carboxylic acids is 1. The van der Waals surface area contributed by atoms with Crippen molar-refractivity contribution < 1.29 is 9.53 Å². The summed E-state index contributed by atoms with van der Waals surface area (Å²) in [6.07, 6.45) is 6.05. The Bertz CT molecular complexity index is 930. The molecule has 0 saturated carbocycles. The van der Waals surface area contributed by atoms with Crippen LogP contribution in [-0.4, -0.2) is 50.2 Å². The smallest absolute Gasteiger partial charge is 0.254 e. The lowest BCUT2D eigenvalue weighted by atomic mass is 10.0. The van der Waals surface area contributed by atoms with E-state index >= 15 is 0 Å². The molecule has 0 aliphatic carbocycles. The first-order valence-corrected chi connectivity index (χ1v) is 13.5. The number of alkyl halides is 1. The van der Waals surface area contributed by atoms with Gasteiger partial charge < -0.3 is 20.7 Å². The van der Waals surface area contributed by atoms with Gasteiger partial charge in [0.25, 0.3) is 5.91 Å². The fourth-order valence-electron chi connectivity index (χ4n) is 3.62. The number of hydrogen-bond donors (Lipinski definition) is 3. The lowest BCUT2D eigenvalue weighted by Gasteiger charge is -2.22.